The van der Waals surface area contributed by atoms with Crippen molar-refractivity contribution in [2.75, 3.05) is 17.4 Å². The van der Waals surface area contributed by atoms with Gasteiger partial charge in [0.25, 0.3) is 10.0 Å². The number of nitrogens with one attached hydrogen (secondary N) is 1. The molecule has 0 bridgehead atoms. The standard InChI is InChI=1S/C30H36BrN3O4S/c1-4-23(3)32-30(36)28(5-2)33(20-19-24-13-8-6-9-14-24)29(35)22-34(26-16-12-15-25(31)21-26)39(37,38)27-17-10-7-11-18-27/h6-18,21,23,28H,4-5,19-20,22H2,1-3H3,(H,32,36)/t23-,28-/m0/s1. The van der Waals surface area contributed by atoms with Crippen molar-refractivity contribution in [1.29, 1.82) is 0 Å². The summed E-state index contributed by atoms with van der Waals surface area (Å²) in [6, 6.07) is 23.8. The van der Waals surface area contributed by atoms with Gasteiger partial charge in [0.2, 0.25) is 11.8 Å². The zero-order valence-corrected chi connectivity index (χ0v) is 25.0. The van der Waals surface area contributed by atoms with Crippen LogP contribution in [0.1, 0.15) is 39.2 Å². The molecule has 0 aromatic heterocycles. The number of benzene rings is 3. The van der Waals surface area contributed by atoms with Gasteiger partial charge in [-0.3, -0.25) is 13.9 Å². The smallest absolute Gasteiger partial charge is 0.264 e. The number of rotatable bonds is 13. The van der Waals surface area contributed by atoms with Crippen LogP contribution < -0.4 is 9.62 Å². The van der Waals surface area contributed by atoms with Crippen LogP contribution >= 0.6 is 15.9 Å². The summed E-state index contributed by atoms with van der Waals surface area (Å²) in [5.74, 6) is -0.690. The first-order valence-corrected chi connectivity index (χ1v) is 15.4. The van der Waals surface area contributed by atoms with Gasteiger partial charge in [0.05, 0.1) is 10.6 Å². The second kappa shape index (κ2) is 14.3. The third-order valence-corrected chi connectivity index (χ3v) is 8.86. The van der Waals surface area contributed by atoms with Crippen LogP contribution in [0.2, 0.25) is 0 Å². The Bertz CT molecular complexity index is 1340. The monoisotopic (exact) mass is 613 g/mol. The van der Waals surface area contributed by atoms with Crippen molar-refractivity contribution in [3.05, 3.63) is 95.0 Å². The number of nitrogens with zero attached hydrogens (tertiary/aromatic N) is 2. The molecule has 0 saturated heterocycles. The predicted molar refractivity (Wildman–Crippen MR) is 159 cm³/mol. The molecule has 0 saturated carbocycles. The maximum absolute atomic E-state index is 14.0. The van der Waals surface area contributed by atoms with Gasteiger partial charge >= 0.3 is 0 Å². The SMILES string of the molecule is CC[C@H](C)NC(=O)[C@H](CC)N(CCc1ccccc1)C(=O)CN(c1cccc(Br)c1)S(=O)(=O)c1ccccc1. The molecule has 0 radical (unpaired) electrons. The molecule has 208 valence electrons. The van der Waals surface area contributed by atoms with E-state index in [-0.39, 0.29) is 23.4 Å². The van der Waals surface area contributed by atoms with Gasteiger partial charge < -0.3 is 10.2 Å². The Morgan fingerprint density at radius 2 is 1.54 bits per heavy atom. The fourth-order valence-electron chi connectivity index (χ4n) is 4.22. The second-order valence-electron chi connectivity index (χ2n) is 9.37. The van der Waals surface area contributed by atoms with E-state index in [0.717, 1.165) is 16.3 Å². The molecule has 0 aliphatic rings. The third-order valence-electron chi connectivity index (χ3n) is 6.58. The number of carbonyl (C=O) groups is 2. The van der Waals surface area contributed by atoms with Crippen LogP contribution in [-0.2, 0) is 26.0 Å². The summed E-state index contributed by atoms with van der Waals surface area (Å²) in [6.07, 6.45) is 1.68. The Morgan fingerprint density at radius 1 is 0.897 bits per heavy atom. The Hall–Kier alpha value is -3.17. The Morgan fingerprint density at radius 3 is 2.13 bits per heavy atom. The molecule has 2 atom stereocenters. The summed E-state index contributed by atoms with van der Waals surface area (Å²) in [5.41, 5.74) is 1.37. The summed E-state index contributed by atoms with van der Waals surface area (Å²) in [5, 5.41) is 2.99. The first-order valence-electron chi connectivity index (χ1n) is 13.1. The molecule has 3 aromatic carbocycles. The maximum Gasteiger partial charge on any atom is 0.264 e. The molecule has 2 amide bonds. The van der Waals surface area contributed by atoms with Gasteiger partial charge in [0.1, 0.15) is 12.6 Å². The number of halogens is 1. The minimum Gasteiger partial charge on any atom is -0.352 e. The summed E-state index contributed by atoms with van der Waals surface area (Å²) in [7, 11) is -4.08. The van der Waals surface area contributed by atoms with Crippen LogP contribution in [0.15, 0.2) is 94.3 Å². The lowest BCUT2D eigenvalue weighted by molar-refractivity contribution is -0.139. The number of carbonyl (C=O) groups excluding carboxylic acids is 2. The van der Waals surface area contributed by atoms with Crippen molar-refractivity contribution in [2.45, 2.75) is 57.0 Å². The van der Waals surface area contributed by atoms with Crippen molar-refractivity contribution < 1.29 is 18.0 Å². The molecule has 1 N–H and O–H groups in total. The molecule has 0 unspecified atom stereocenters. The van der Waals surface area contributed by atoms with Gasteiger partial charge in [-0.05, 0) is 62.1 Å². The molecule has 0 heterocycles. The number of anilines is 1. The van der Waals surface area contributed by atoms with Gasteiger partial charge in [-0.15, -0.1) is 0 Å². The van der Waals surface area contributed by atoms with Gasteiger partial charge in [0.15, 0.2) is 0 Å². The zero-order valence-electron chi connectivity index (χ0n) is 22.6. The van der Waals surface area contributed by atoms with Crippen molar-refractivity contribution in [3.8, 4) is 0 Å². The molecular formula is C30H36BrN3O4S. The van der Waals surface area contributed by atoms with E-state index in [1.54, 1.807) is 42.5 Å². The molecule has 3 rings (SSSR count). The summed E-state index contributed by atoms with van der Waals surface area (Å²) >= 11 is 3.41. The largest absolute Gasteiger partial charge is 0.352 e. The van der Waals surface area contributed by atoms with E-state index in [2.05, 4.69) is 21.2 Å². The van der Waals surface area contributed by atoms with Gasteiger partial charge in [-0.2, -0.15) is 0 Å². The minimum absolute atomic E-state index is 0.0470. The van der Waals surface area contributed by atoms with E-state index in [4.69, 9.17) is 0 Å². The van der Waals surface area contributed by atoms with Crippen LogP contribution in [0.3, 0.4) is 0 Å². The molecule has 39 heavy (non-hydrogen) atoms. The number of amides is 2. The number of sulfonamides is 1. The van der Waals surface area contributed by atoms with Crippen LogP contribution in [-0.4, -0.2) is 50.3 Å². The van der Waals surface area contributed by atoms with E-state index in [9.17, 15) is 18.0 Å². The average Bonchev–Trinajstić information content (AvgIpc) is 2.94. The van der Waals surface area contributed by atoms with Crippen molar-refractivity contribution in [2.24, 2.45) is 0 Å². The summed E-state index contributed by atoms with van der Waals surface area (Å²) < 4.78 is 29.4. The molecule has 0 aliphatic heterocycles. The van der Waals surface area contributed by atoms with E-state index >= 15 is 0 Å². The highest BCUT2D eigenvalue weighted by Crippen LogP contribution is 2.27. The quantitative estimate of drug-likeness (QED) is 0.279. The van der Waals surface area contributed by atoms with E-state index in [0.29, 0.717) is 23.0 Å². The fraction of sp³-hybridized carbons (Fsp3) is 0.333. The van der Waals surface area contributed by atoms with Gasteiger partial charge in [-0.25, -0.2) is 8.42 Å². The average molecular weight is 615 g/mol. The summed E-state index contributed by atoms with van der Waals surface area (Å²) in [6.45, 7) is 5.58. The van der Waals surface area contributed by atoms with Crippen molar-refractivity contribution in [3.63, 3.8) is 0 Å². The number of hydrogen-bond acceptors (Lipinski definition) is 4. The first-order chi connectivity index (χ1) is 18.7. The minimum atomic E-state index is -4.08. The van der Waals surface area contributed by atoms with Crippen molar-refractivity contribution in [1.82, 2.24) is 10.2 Å². The topological polar surface area (TPSA) is 86.8 Å². The van der Waals surface area contributed by atoms with Crippen LogP contribution in [0.5, 0.6) is 0 Å². The molecule has 3 aromatic rings. The molecule has 0 fully saturated rings. The predicted octanol–water partition coefficient (Wildman–Crippen LogP) is 5.41. The highest BCUT2D eigenvalue weighted by atomic mass is 79.9. The highest BCUT2D eigenvalue weighted by molar-refractivity contribution is 9.10. The Balaban J connectivity index is 1.99. The third kappa shape index (κ3) is 8.16. The lowest BCUT2D eigenvalue weighted by atomic mass is 10.1. The van der Waals surface area contributed by atoms with Gasteiger partial charge in [-0.1, -0.05) is 84.4 Å². The molecule has 9 heteroatoms. The highest BCUT2D eigenvalue weighted by Gasteiger charge is 2.33. The number of hydrogen-bond donors (Lipinski definition) is 1. The molecular weight excluding hydrogens is 578 g/mol. The second-order valence-corrected chi connectivity index (χ2v) is 12.1. The Kier molecular flexibility index (Phi) is 11.1. The van der Waals surface area contributed by atoms with Crippen LogP contribution in [0.25, 0.3) is 0 Å². The lowest BCUT2D eigenvalue weighted by Crippen LogP contribution is -2.54. The van der Waals surface area contributed by atoms with Gasteiger partial charge in [0, 0.05) is 17.1 Å². The van der Waals surface area contributed by atoms with Crippen LogP contribution in [0, 0.1) is 0 Å². The van der Waals surface area contributed by atoms with E-state index in [1.165, 1.54) is 17.0 Å². The van der Waals surface area contributed by atoms with Crippen LogP contribution in [0.4, 0.5) is 5.69 Å². The zero-order chi connectivity index (χ0) is 28.4. The fourth-order valence-corrected chi connectivity index (χ4v) is 6.03. The molecule has 0 aliphatic carbocycles. The van der Waals surface area contributed by atoms with E-state index < -0.39 is 28.5 Å². The maximum atomic E-state index is 14.0. The Labute approximate surface area is 240 Å². The van der Waals surface area contributed by atoms with E-state index in [1.807, 2.05) is 51.1 Å². The first kappa shape index (κ1) is 30.4. The van der Waals surface area contributed by atoms with Crippen molar-refractivity contribution >= 4 is 43.5 Å². The summed E-state index contributed by atoms with van der Waals surface area (Å²) in [4.78, 5) is 28.9. The molecule has 7 nitrogen and oxygen atoms in total. The molecule has 0 spiro atoms. The normalized spacial score (nSPS) is 12.8. The lowest BCUT2D eigenvalue weighted by Gasteiger charge is -2.33.